The molecule has 0 radical (unpaired) electrons. The smallest absolute Gasteiger partial charge is 0.221 e. The lowest BCUT2D eigenvalue weighted by Crippen LogP contribution is -2.55. The molecule has 4 rings (SSSR count). The van der Waals surface area contributed by atoms with E-state index in [-0.39, 0.29) is 22.3 Å². The van der Waals surface area contributed by atoms with Gasteiger partial charge in [-0.15, -0.1) is 0 Å². The third-order valence-corrected chi connectivity index (χ3v) is 10.5. The summed E-state index contributed by atoms with van der Waals surface area (Å²) in [5, 5.41) is 1.59. The maximum atomic E-state index is 13.4. The Hall–Kier alpha value is -2.43. The molecule has 2 heterocycles. The van der Waals surface area contributed by atoms with Gasteiger partial charge in [0.1, 0.15) is 0 Å². The van der Waals surface area contributed by atoms with Crippen LogP contribution in [-0.2, 0) is 24.5 Å². The standard InChI is InChI=1S/C23H29N3O5S2/c1-17-4-3-5-20(14-17)25-10-12-26(13-11-25)22-15-32(28,29)16-23(22)33(30,31)21-8-6-19(7-9-21)24-18(2)27/h3-9,14,22-23H,10-13,15-16H2,1-2H3,(H,24,27)/t22-,23-/m1/s1. The Morgan fingerprint density at radius 3 is 2.27 bits per heavy atom. The second kappa shape index (κ2) is 9.08. The molecular weight excluding hydrogens is 462 g/mol. The molecule has 0 saturated carbocycles. The molecule has 2 saturated heterocycles. The predicted molar refractivity (Wildman–Crippen MR) is 129 cm³/mol. The number of nitrogens with one attached hydrogen (secondary N) is 1. The van der Waals surface area contributed by atoms with Crippen molar-refractivity contribution >= 4 is 37.0 Å². The van der Waals surface area contributed by atoms with Gasteiger partial charge in [-0.25, -0.2) is 16.8 Å². The zero-order chi connectivity index (χ0) is 23.8. The van der Waals surface area contributed by atoms with Crippen LogP contribution in [0.5, 0.6) is 0 Å². The monoisotopic (exact) mass is 491 g/mol. The molecule has 0 unspecified atom stereocenters. The number of piperazine rings is 1. The van der Waals surface area contributed by atoms with Crippen molar-refractivity contribution in [1.29, 1.82) is 0 Å². The van der Waals surface area contributed by atoms with Gasteiger partial charge in [-0.3, -0.25) is 9.69 Å². The van der Waals surface area contributed by atoms with E-state index in [4.69, 9.17) is 0 Å². The number of anilines is 2. The van der Waals surface area contributed by atoms with Gasteiger partial charge in [0.15, 0.2) is 19.7 Å². The average molecular weight is 492 g/mol. The van der Waals surface area contributed by atoms with Crippen molar-refractivity contribution < 1.29 is 21.6 Å². The number of hydrogen-bond acceptors (Lipinski definition) is 7. The number of carbonyl (C=O) groups excluding carboxylic acids is 1. The minimum atomic E-state index is -3.87. The van der Waals surface area contributed by atoms with Gasteiger partial charge in [0.25, 0.3) is 0 Å². The molecule has 0 spiro atoms. The highest BCUT2D eigenvalue weighted by Crippen LogP contribution is 2.31. The third-order valence-electron chi connectivity index (χ3n) is 6.32. The SMILES string of the molecule is CC(=O)Nc1ccc(S(=O)(=O)[C@@H]2CS(=O)(=O)C[C@H]2N2CCN(c3cccc(C)c3)CC2)cc1. The fourth-order valence-corrected chi connectivity index (χ4v) is 9.51. The minimum absolute atomic E-state index is 0.0714. The van der Waals surface area contributed by atoms with Crippen molar-refractivity contribution in [3.8, 4) is 0 Å². The molecule has 1 N–H and O–H groups in total. The van der Waals surface area contributed by atoms with Crippen LogP contribution in [0.4, 0.5) is 11.4 Å². The Kier molecular flexibility index (Phi) is 6.52. The van der Waals surface area contributed by atoms with E-state index in [1.807, 2.05) is 24.0 Å². The molecule has 0 aromatic heterocycles. The van der Waals surface area contributed by atoms with Crippen LogP contribution in [0, 0.1) is 6.92 Å². The van der Waals surface area contributed by atoms with Gasteiger partial charge >= 0.3 is 0 Å². The molecule has 2 aromatic carbocycles. The summed E-state index contributed by atoms with van der Waals surface area (Å²) in [6, 6.07) is 13.6. The number of benzene rings is 2. The summed E-state index contributed by atoms with van der Waals surface area (Å²) in [5.74, 6) is -0.769. The van der Waals surface area contributed by atoms with Gasteiger partial charge in [-0.2, -0.15) is 0 Å². The first kappa shape index (κ1) is 23.7. The molecule has 2 aliphatic heterocycles. The Morgan fingerprint density at radius 2 is 1.67 bits per heavy atom. The Labute approximate surface area is 195 Å². The summed E-state index contributed by atoms with van der Waals surface area (Å²) in [7, 11) is -7.34. The number of nitrogens with zero attached hydrogens (tertiary/aromatic N) is 2. The zero-order valence-electron chi connectivity index (χ0n) is 18.8. The van der Waals surface area contributed by atoms with Crippen LogP contribution in [0.25, 0.3) is 0 Å². The summed E-state index contributed by atoms with van der Waals surface area (Å²) in [6.45, 7) is 6.03. The molecule has 10 heteroatoms. The van der Waals surface area contributed by atoms with Gasteiger partial charge in [0, 0.05) is 50.5 Å². The first-order chi connectivity index (χ1) is 15.5. The number of rotatable bonds is 5. The quantitative estimate of drug-likeness (QED) is 0.679. The molecule has 2 aliphatic rings. The van der Waals surface area contributed by atoms with E-state index in [0.29, 0.717) is 31.9 Å². The van der Waals surface area contributed by atoms with Crippen LogP contribution < -0.4 is 10.2 Å². The lowest BCUT2D eigenvalue weighted by atomic mass is 10.1. The van der Waals surface area contributed by atoms with Crippen LogP contribution in [0.15, 0.2) is 53.4 Å². The average Bonchev–Trinajstić information content (AvgIpc) is 3.10. The summed E-state index contributed by atoms with van der Waals surface area (Å²) < 4.78 is 51.9. The van der Waals surface area contributed by atoms with Gasteiger partial charge in [0.05, 0.1) is 21.7 Å². The second-order valence-electron chi connectivity index (χ2n) is 8.80. The molecule has 33 heavy (non-hydrogen) atoms. The van der Waals surface area contributed by atoms with Crippen LogP contribution in [-0.4, -0.2) is 76.6 Å². The summed E-state index contributed by atoms with van der Waals surface area (Å²) in [4.78, 5) is 15.6. The minimum Gasteiger partial charge on any atom is -0.369 e. The lowest BCUT2D eigenvalue weighted by molar-refractivity contribution is -0.114. The predicted octanol–water partition coefficient (Wildman–Crippen LogP) is 1.71. The number of hydrogen-bond donors (Lipinski definition) is 1. The van der Waals surface area contributed by atoms with Crippen molar-refractivity contribution in [2.45, 2.75) is 30.0 Å². The van der Waals surface area contributed by atoms with Gasteiger partial charge in [0.2, 0.25) is 5.91 Å². The maximum Gasteiger partial charge on any atom is 0.221 e. The van der Waals surface area contributed by atoms with Gasteiger partial charge in [-0.05, 0) is 48.9 Å². The highest BCUT2D eigenvalue weighted by molar-refractivity contribution is 7.96. The number of aryl methyl sites for hydroxylation is 1. The summed E-state index contributed by atoms with van der Waals surface area (Å²) >= 11 is 0. The van der Waals surface area contributed by atoms with Crippen LogP contribution in [0.1, 0.15) is 12.5 Å². The molecular formula is C23H29N3O5S2. The van der Waals surface area contributed by atoms with E-state index in [1.54, 1.807) is 0 Å². The van der Waals surface area contributed by atoms with Crippen LogP contribution in [0.2, 0.25) is 0 Å². The molecule has 2 aromatic rings. The van der Waals surface area contributed by atoms with Crippen molar-refractivity contribution in [1.82, 2.24) is 4.90 Å². The molecule has 178 valence electrons. The topological polar surface area (TPSA) is 104 Å². The van der Waals surface area contributed by atoms with E-state index in [2.05, 4.69) is 22.3 Å². The highest BCUT2D eigenvalue weighted by Gasteiger charge is 2.48. The zero-order valence-corrected chi connectivity index (χ0v) is 20.4. The van der Waals surface area contributed by atoms with Crippen LogP contribution >= 0.6 is 0 Å². The van der Waals surface area contributed by atoms with Gasteiger partial charge < -0.3 is 10.2 Å². The number of amides is 1. The van der Waals surface area contributed by atoms with E-state index < -0.39 is 31.0 Å². The molecule has 0 aliphatic carbocycles. The Balaban J connectivity index is 1.52. The molecule has 2 fully saturated rings. The summed E-state index contributed by atoms with van der Waals surface area (Å²) in [6.07, 6.45) is 0. The van der Waals surface area contributed by atoms with E-state index in [9.17, 15) is 21.6 Å². The van der Waals surface area contributed by atoms with Crippen molar-refractivity contribution in [2.75, 3.05) is 47.9 Å². The van der Waals surface area contributed by atoms with Crippen molar-refractivity contribution in [3.05, 3.63) is 54.1 Å². The van der Waals surface area contributed by atoms with Gasteiger partial charge in [-0.1, -0.05) is 12.1 Å². The van der Waals surface area contributed by atoms with E-state index >= 15 is 0 Å². The van der Waals surface area contributed by atoms with Crippen molar-refractivity contribution in [2.24, 2.45) is 0 Å². The number of carbonyl (C=O) groups is 1. The Bertz CT molecular complexity index is 1240. The molecule has 2 atom stereocenters. The second-order valence-corrected chi connectivity index (χ2v) is 13.1. The third kappa shape index (κ3) is 5.23. The normalized spacial score (nSPS) is 23.4. The first-order valence-corrected chi connectivity index (χ1v) is 14.3. The fourth-order valence-electron chi connectivity index (χ4n) is 4.68. The lowest BCUT2D eigenvalue weighted by Gasteiger charge is -2.40. The largest absolute Gasteiger partial charge is 0.369 e. The number of sulfone groups is 2. The molecule has 8 nitrogen and oxygen atoms in total. The first-order valence-electron chi connectivity index (χ1n) is 10.9. The fraction of sp³-hybridized carbons (Fsp3) is 0.435. The molecule has 1 amide bonds. The molecule has 0 bridgehead atoms. The maximum absolute atomic E-state index is 13.4. The summed E-state index contributed by atoms with van der Waals surface area (Å²) in [5.41, 5.74) is 2.79. The van der Waals surface area contributed by atoms with E-state index in [0.717, 1.165) is 5.69 Å². The van der Waals surface area contributed by atoms with E-state index in [1.165, 1.54) is 36.8 Å². The van der Waals surface area contributed by atoms with Crippen LogP contribution in [0.3, 0.4) is 0 Å². The highest BCUT2D eigenvalue weighted by atomic mass is 32.2. The van der Waals surface area contributed by atoms with Crippen molar-refractivity contribution in [3.63, 3.8) is 0 Å². The Morgan fingerprint density at radius 1 is 1.00 bits per heavy atom.